The molecule has 0 spiro atoms. The third-order valence-corrected chi connectivity index (χ3v) is 5.23. The van der Waals surface area contributed by atoms with Crippen molar-refractivity contribution in [3.05, 3.63) is 30.0 Å². The van der Waals surface area contributed by atoms with Crippen molar-refractivity contribution < 1.29 is 9.47 Å². The minimum Gasteiger partial charge on any atom is -0.490 e. The van der Waals surface area contributed by atoms with E-state index in [1.54, 1.807) is 0 Å². The van der Waals surface area contributed by atoms with Crippen LogP contribution in [0.3, 0.4) is 0 Å². The molecule has 27 heavy (non-hydrogen) atoms. The third-order valence-electron chi connectivity index (χ3n) is 5.23. The van der Waals surface area contributed by atoms with Crippen LogP contribution in [0.25, 0.3) is 11.3 Å². The van der Waals surface area contributed by atoms with E-state index in [-0.39, 0.29) is 12.4 Å². The van der Waals surface area contributed by atoms with Crippen LogP contribution in [0.15, 0.2) is 24.4 Å². The molecular formula is C20H29ClN4O2. The first-order valence-electron chi connectivity index (χ1n) is 9.55. The highest BCUT2D eigenvalue weighted by Gasteiger charge is 2.21. The number of aromatic nitrogens is 2. The minimum absolute atomic E-state index is 0. The minimum atomic E-state index is 0. The van der Waals surface area contributed by atoms with Gasteiger partial charge in [-0.15, -0.1) is 12.4 Å². The number of likely N-dealkylation sites (N-methyl/N-ethyl adjacent to an activating group) is 1. The van der Waals surface area contributed by atoms with Gasteiger partial charge in [0.25, 0.3) is 0 Å². The van der Waals surface area contributed by atoms with Crippen molar-refractivity contribution in [2.24, 2.45) is 7.05 Å². The number of nitrogens with zero attached hydrogens (tertiary/aromatic N) is 3. The van der Waals surface area contributed by atoms with Crippen LogP contribution in [-0.2, 0) is 13.6 Å². The Hall–Kier alpha value is -1.76. The van der Waals surface area contributed by atoms with Crippen LogP contribution in [-0.4, -0.2) is 54.1 Å². The topological polar surface area (TPSA) is 51.6 Å². The van der Waals surface area contributed by atoms with Gasteiger partial charge in [0.05, 0.1) is 18.9 Å². The smallest absolute Gasteiger partial charge is 0.161 e. The zero-order chi connectivity index (χ0) is 17.9. The summed E-state index contributed by atoms with van der Waals surface area (Å²) in [5.41, 5.74) is 3.39. The van der Waals surface area contributed by atoms with Gasteiger partial charge >= 0.3 is 0 Å². The molecule has 6 nitrogen and oxygen atoms in total. The molecule has 1 unspecified atom stereocenters. The fourth-order valence-corrected chi connectivity index (χ4v) is 3.88. The molecular weight excluding hydrogens is 364 g/mol. The molecule has 148 valence electrons. The molecule has 2 aliphatic heterocycles. The van der Waals surface area contributed by atoms with Crippen LogP contribution in [0.2, 0.25) is 0 Å². The number of fused-ring (bicyclic) bond motifs is 1. The van der Waals surface area contributed by atoms with E-state index in [9.17, 15) is 0 Å². The Labute approximate surface area is 167 Å². The number of ether oxygens (including phenoxy) is 2. The highest BCUT2D eigenvalue weighted by molar-refractivity contribution is 5.85. The van der Waals surface area contributed by atoms with Crippen molar-refractivity contribution >= 4 is 12.4 Å². The van der Waals surface area contributed by atoms with Crippen molar-refractivity contribution in [2.45, 2.75) is 31.8 Å². The summed E-state index contributed by atoms with van der Waals surface area (Å²) in [7, 11) is 4.05. The molecule has 2 aromatic rings. The third kappa shape index (κ3) is 4.57. The van der Waals surface area contributed by atoms with Crippen molar-refractivity contribution in [1.29, 1.82) is 0 Å². The van der Waals surface area contributed by atoms with E-state index in [1.807, 2.05) is 17.8 Å². The van der Waals surface area contributed by atoms with Crippen LogP contribution < -0.4 is 14.8 Å². The number of halogens is 1. The summed E-state index contributed by atoms with van der Waals surface area (Å²) in [6.07, 6.45) is 5.56. The summed E-state index contributed by atoms with van der Waals surface area (Å²) in [6.45, 7) is 4.57. The largest absolute Gasteiger partial charge is 0.490 e. The first-order chi connectivity index (χ1) is 12.7. The van der Waals surface area contributed by atoms with E-state index in [4.69, 9.17) is 14.6 Å². The Morgan fingerprint density at radius 1 is 1.19 bits per heavy atom. The van der Waals surface area contributed by atoms with Crippen molar-refractivity contribution in [2.75, 3.05) is 33.4 Å². The number of likely N-dealkylation sites (tertiary alicyclic amines) is 1. The first-order valence-corrected chi connectivity index (χ1v) is 9.55. The summed E-state index contributed by atoms with van der Waals surface area (Å²) in [4.78, 5) is 2.52. The number of piperidine rings is 1. The van der Waals surface area contributed by atoms with E-state index in [0.29, 0.717) is 19.3 Å². The summed E-state index contributed by atoms with van der Waals surface area (Å²) >= 11 is 0. The molecule has 4 rings (SSSR count). The van der Waals surface area contributed by atoms with Crippen molar-refractivity contribution in [3.63, 3.8) is 0 Å². The van der Waals surface area contributed by atoms with Crippen LogP contribution in [0.5, 0.6) is 11.5 Å². The quantitative estimate of drug-likeness (QED) is 0.867. The monoisotopic (exact) mass is 392 g/mol. The van der Waals surface area contributed by atoms with Crippen molar-refractivity contribution in [3.8, 4) is 22.8 Å². The van der Waals surface area contributed by atoms with Crippen LogP contribution >= 0.6 is 12.4 Å². The molecule has 1 aromatic carbocycles. The van der Waals surface area contributed by atoms with E-state index < -0.39 is 0 Å². The molecule has 2 aliphatic rings. The first kappa shape index (κ1) is 20.0. The number of benzene rings is 1. The summed E-state index contributed by atoms with van der Waals surface area (Å²) < 4.78 is 13.5. The molecule has 0 saturated carbocycles. The lowest BCUT2D eigenvalue weighted by molar-refractivity contribution is 0.188. The van der Waals surface area contributed by atoms with E-state index in [0.717, 1.165) is 48.8 Å². The highest BCUT2D eigenvalue weighted by Crippen LogP contribution is 2.35. The summed E-state index contributed by atoms with van der Waals surface area (Å²) in [6, 6.07) is 6.75. The van der Waals surface area contributed by atoms with Crippen LogP contribution in [0.1, 0.15) is 24.8 Å². The molecule has 0 bridgehead atoms. The molecule has 1 N–H and O–H groups in total. The standard InChI is InChI=1S/C20H28N4O2.ClH/c1-21-17-5-3-8-24(14-17)13-16-12-23(2)22-20(16)15-6-7-18-19(11-15)26-10-4-9-25-18;/h6-7,11-12,17,21H,3-5,8-10,13-14H2,1-2H3;1H. The van der Waals surface area contributed by atoms with Crippen LogP contribution in [0, 0.1) is 0 Å². The van der Waals surface area contributed by atoms with Gasteiger partial charge in [-0.2, -0.15) is 5.10 Å². The SMILES string of the molecule is CNC1CCCN(Cc2cn(C)nc2-c2ccc3c(c2)OCCCO3)C1.Cl. The second-order valence-electron chi connectivity index (χ2n) is 7.25. The van der Waals surface area contributed by atoms with Gasteiger partial charge in [0.2, 0.25) is 0 Å². The number of hydrogen-bond acceptors (Lipinski definition) is 5. The van der Waals surface area contributed by atoms with E-state index in [2.05, 4.69) is 35.6 Å². The molecule has 0 radical (unpaired) electrons. The zero-order valence-corrected chi connectivity index (χ0v) is 16.9. The van der Waals surface area contributed by atoms with Crippen LogP contribution in [0.4, 0.5) is 0 Å². The predicted molar refractivity (Wildman–Crippen MR) is 109 cm³/mol. The molecule has 0 aliphatic carbocycles. The van der Waals surface area contributed by atoms with Gasteiger partial charge in [-0.25, -0.2) is 0 Å². The predicted octanol–water partition coefficient (Wildman–Crippen LogP) is 2.85. The molecule has 0 amide bonds. The number of hydrogen-bond donors (Lipinski definition) is 1. The maximum absolute atomic E-state index is 5.86. The fraction of sp³-hybridized carbons (Fsp3) is 0.550. The Morgan fingerprint density at radius 2 is 2.00 bits per heavy atom. The summed E-state index contributed by atoms with van der Waals surface area (Å²) in [5.74, 6) is 1.65. The second-order valence-corrected chi connectivity index (χ2v) is 7.25. The average Bonchev–Trinajstić information content (AvgIpc) is 2.87. The second kappa shape index (κ2) is 8.95. The lowest BCUT2D eigenvalue weighted by atomic mass is 10.0. The molecule has 1 aromatic heterocycles. The lowest BCUT2D eigenvalue weighted by Gasteiger charge is -2.32. The normalized spacial score (nSPS) is 20.0. The molecule has 7 heteroatoms. The maximum atomic E-state index is 5.86. The Balaban J connectivity index is 0.00000210. The number of rotatable bonds is 4. The van der Waals surface area contributed by atoms with E-state index >= 15 is 0 Å². The highest BCUT2D eigenvalue weighted by atomic mass is 35.5. The Morgan fingerprint density at radius 3 is 2.81 bits per heavy atom. The van der Waals surface area contributed by atoms with Gasteiger partial charge < -0.3 is 14.8 Å². The maximum Gasteiger partial charge on any atom is 0.161 e. The van der Waals surface area contributed by atoms with Gasteiger partial charge in [-0.3, -0.25) is 9.58 Å². The van der Waals surface area contributed by atoms with Gasteiger partial charge in [0, 0.05) is 49.9 Å². The lowest BCUT2D eigenvalue weighted by Crippen LogP contribution is -2.43. The molecule has 1 saturated heterocycles. The molecule has 1 fully saturated rings. The van der Waals surface area contributed by atoms with Gasteiger partial charge in [-0.1, -0.05) is 0 Å². The van der Waals surface area contributed by atoms with Crippen molar-refractivity contribution in [1.82, 2.24) is 20.0 Å². The average molecular weight is 393 g/mol. The Bertz CT molecular complexity index is 764. The molecule has 1 atom stereocenters. The number of nitrogens with one attached hydrogen (secondary N) is 1. The Kier molecular flexibility index (Phi) is 6.63. The fourth-order valence-electron chi connectivity index (χ4n) is 3.88. The van der Waals surface area contributed by atoms with E-state index in [1.165, 1.54) is 18.4 Å². The number of aryl methyl sites for hydroxylation is 1. The molecule has 3 heterocycles. The van der Waals surface area contributed by atoms with Gasteiger partial charge in [0.15, 0.2) is 11.5 Å². The summed E-state index contributed by atoms with van der Waals surface area (Å²) in [5, 5.41) is 8.15. The van der Waals surface area contributed by atoms with Gasteiger partial charge in [-0.05, 0) is 44.6 Å². The van der Waals surface area contributed by atoms with Gasteiger partial charge in [0.1, 0.15) is 0 Å². The zero-order valence-electron chi connectivity index (χ0n) is 16.1.